The molecule has 8 heteroatoms. The Labute approximate surface area is 168 Å². The first kappa shape index (κ1) is 18.7. The van der Waals surface area contributed by atoms with E-state index in [9.17, 15) is 14.4 Å². The van der Waals surface area contributed by atoms with E-state index in [0.717, 1.165) is 25.9 Å². The van der Waals surface area contributed by atoms with E-state index >= 15 is 4.39 Å². The monoisotopic (exact) mass is 400 g/mol. The predicted molar refractivity (Wildman–Crippen MR) is 104 cm³/mol. The first-order valence-corrected chi connectivity index (χ1v) is 10.4. The average Bonchev–Trinajstić information content (AvgIpc) is 3.27. The number of carbonyl (C=O) groups excluding carboxylic acids is 3. The number of piperidine rings is 1. The lowest BCUT2D eigenvalue weighted by Gasteiger charge is -2.35. The van der Waals surface area contributed by atoms with E-state index in [4.69, 9.17) is 0 Å². The molecule has 1 aromatic rings. The summed E-state index contributed by atoms with van der Waals surface area (Å²) in [5.74, 6) is -0.893. The van der Waals surface area contributed by atoms with E-state index in [1.807, 2.05) is 0 Å². The number of benzene rings is 1. The lowest BCUT2D eigenvalue weighted by molar-refractivity contribution is -0.131. The van der Waals surface area contributed by atoms with Crippen LogP contribution in [0.15, 0.2) is 12.1 Å². The summed E-state index contributed by atoms with van der Waals surface area (Å²) in [6.45, 7) is 2.27. The number of rotatable bonds is 4. The van der Waals surface area contributed by atoms with E-state index in [-0.39, 0.29) is 24.3 Å². The van der Waals surface area contributed by atoms with Crippen molar-refractivity contribution in [3.63, 3.8) is 0 Å². The number of hydrogen-bond acceptors (Lipinski definition) is 6. The fraction of sp³-hybridized carbons (Fsp3) is 0.571. The second-order valence-corrected chi connectivity index (χ2v) is 8.61. The van der Waals surface area contributed by atoms with Crippen LogP contribution in [0.25, 0.3) is 0 Å². The molecule has 0 aliphatic carbocycles. The molecule has 0 aromatic heterocycles. The molecule has 5 rings (SSSR count). The molecule has 3 saturated heterocycles. The molecule has 1 amide bonds. The van der Waals surface area contributed by atoms with Gasteiger partial charge < -0.3 is 20.4 Å². The van der Waals surface area contributed by atoms with E-state index < -0.39 is 11.8 Å². The number of anilines is 1. The number of nitrogens with one attached hydrogen (secondary N) is 2. The smallest absolute Gasteiger partial charge is 0.254 e. The van der Waals surface area contributed by atoms with E-state index in [0.29, 0.717) is 54.6 Å². The van der Waals surface area contributed by atoms with Crippen LogP contribution in [0.5, 0.6) is 0 Å². The maximum Gasteiger partial charge on any atom is 0.254 e. The first-order valence-electron chi connectivity index (χ1n) is 10.4. The molecule has 29 heavy (non-hydrogen) atoms. The Kier molecular flexibility index (Phi) is 4.63. The van der Waals surface area contributed by atoms with Crippen LogP contribution in [0.2, 0.25) is 0 Å². The van der Waals surface area contributed by atoms with Gasteiger partial charge in [0, 0.05) is 48.9 Å². The van der Waals surface area contributed by atoms with Crippen molar-refractivity contribution in [1.82, 2.24) is 15.5 Å². The lowest BCUT2D eigenvalue weighted by atomic mass is 9.97. The minimum atomic E-state index is -0.477. The van der Waals surface area contributed by atoms with Crippen molar-refractivity contribution in [3.8, 4) is 0 Å². The Bertz CT molecular complexity index is 856. The zero-order valence-electron chi connectivity index (χ0n) is 16.2. The maximum atomic E-state index is 15.4. The summed E-state index contributed by atoms with van der Waals surface area (Å²) in [5, 5.41) is 6.61. The Morgan fingerprint density at radius 1 is 1.14 bits per heavy atom. The molecule has 0 spiro atoms. The van der Waals surface area contributed by atoms with Gasteiger partial charge in [0.05, 0.1) is 18.3 Å². The highest BCUT2D eigenvalue weighted by Gasteiger charge is 2.39. The number of hydrogen-bond donors (Lipinski definition) is 2. The average molecular weight is 400 g/mol. The minimum Gasteiger partial charge on any atom is -0.366 e. The predicted octanol–water partition coefficient (Wildman–Crippen LogP) is 0.611. The SMILES string of the molecule is O=CC(=O)C1CCC(N2Cc3c(ccc(N4CC5CCC(C4)N5)c3F)C2=O)CN1. The molecule has 1 aromatic carbocycles. The Balaban J connectivity index is 1.33. The number of ketones is 1. The van der Waals surface area contributed by atoms with E-state index in [1.165, 1.54) is 0 Å². The summed E-state index contributed by atoms with van der Waals surface area (Å²) < 4.78 is 15.4. The highest BCUT2D eigenvalue weighted by atomic mass is 19.1. The quantitative estimate of drug-likeness (QED) is 0.569. The van der Waals surface area contributed by atoms with E-state index in [2.05, 4.69) is 15.5 Å². The first-order chi connectivity index (χ1) is 14.0. The molecule has 4 atom stereocenters. The molecule has 4 aliphatic rings. The Hall–Kier alpha value is -2.32. The van der Waals surface area contributed by atoms with Crippen molar-refractivity contribution in [3.05, 3.63) is 29.1 Å². The zero-order valence-corrected chi connectivity index (χ0v) is 16.2. The van der Waals surface area contributed by atoms with Gasteiger partial charge in [0.15, 0.2) is 12.1 Å². The summed E-state index contributed by atoms with van der Waals surface area (Å²) in [6, 6.07) is 3.75. The number of aldehydes is 1. The molecule has 7 nitrogen and oxygen atoms in total. The van der Waals surface area contributed by atoms with Gasteiger partial charge >= 0.3 is 0 Å². The van der Waals surface area contributed by atoms with Crippen molar-refractivity contribution in [2.75, 3.05) is 24.5 Å². The fourth-order valence-electron chi connectivity index (χ4n) is 5.33. The molecule has 154 valence electrons. The van der Waals surface area contributed by atoms with Crippen molar-refractivity contribution >= 4 is 23.7 Å². The molecule has 2 bridgehead atoms. The minimum absolute atomic E-state index is 0.108. The second kappa shape index (κ2) is 7.18. The molecular weight excluding hydrogens is 375 g/mol. The summed E-state index contributed by atoms with van der Waals surface area (Å²) in [4.78, 5) is 39.0. The van der Waals surface area contributed by atoms with Gasteiger partial charge in [-0.05, 0) is 37.8 Å². The van der Waals surface area contributed by atoms with Crippen molar-refractivity contribution in [2.45, 2.75) is 56.4 Å². The third kappa shape index (κ3) is 3.14. The van der Waals surface area contributed by atoms with Crippen LogP contribution < -0.4 is 15.5 Å². The summed E-state index contributed by atoms with van der Waals surface area (Å²) in [5.41, 5.74) is 1.51. The second-order valence-electron chi connectivity index (χ2n) is 8.61. The number of Topliss-reactive ketones (excluding diaryl/α,β-unsaturated/α-hetero) is 1. The molecule has 4 heterocycles. The van der Waals surface area contributed by atoms with Crippen LogP contribution in [-0.2, 0) is 16.1 Å². The molecule has 4 aliphatic heterocycles. The van der Waals surface area contributed by atoms with Crippen molar-refractivity contribution in [2.24, 2.45) is 0 Å². The highest BCUT2D eigenvalue weighted by Crippen LogP contribution is 2.35. The van der Waals surface area contributed by atoms with Crippen molar-refractivity contribution in [1.29, 1.82) is 0 Å². The fourth-order valence-corrected chi connectivity index (χ4v) is 5.33. The molecule has 3 fully saturated rings. The van der Waals surface area contributed by atoms with Gasteiger partial charge in [-0.2, -0.15) is 0 Å². The summed E-state index contributed by atoms with van der Waals surface area (Å²) in [7, 11) is 0. The molecule has 4 unspecified atom stereocenters. The van der Waals surface area contributed by atoms with Crippen LogP contribution >= 0.6 is 0 Å². The number of fused-ring (bicyclic) bond motifs is 3. The summed E-state index contributed by atoms with van der Waals surface area (Å²) in [6.07, 6.45) is 3.71. The standard InChI is InChI=1S/C21H25FN4O3/c22-20-16-10-26(14-3-5-17(23-7-14)19(28)11-27)21(29)15(16)4-6-18(20)25-8-12-1-2-13(9-25)24-12/h4,6,11-14,17,23-24H,1-3,5,7-10H2. The maximum absolute atomic E-state index is 15.4. The van der Waals surface area contributed by atoms with Gasteiger partial charge in [-0.25, -0.2) is 4.39 Å². The van der Waals surface area contributed by atoms with Crippen LogP contribution in [0.4, 0.5) is 10.1 Å². The van der Waals surface area contributed by atoms with Gasteiger partial charge in [-0.3, -0.25) is 14.4 Å². The van der Waals surface area contributed by atoms with Crippen LogP contribution in [0.3, 0.4) is 0 Å². The number of halogens is 1. The van der Waals surface area contributed by atoms with Crippen LogP contribution in [0, 0.1) is 5.82 Å². The van der Waals surface area contributed by atoms with Crippen LogP contribution in [-0.4, -0.2) is 66.7 Å². The topological polar surface area (TPSA) is 81.8 Å². The third-order valence-corrected chi connectivity index (χ3v) is 6.89. The molecule has 0 radical (unpaired) electrons. The van der Waals surface area contributed by atoms with Gasteiger partial charge in [0.1, 0.15) is 0 Å². The van der Waals surface area contributed by atoms with Gasteiger partial charge in [0.2, 0.25) is 5.78 Å². The van der Waals surface area contributed by atoms with Crippen LogP contribution in [0.1, 0.15) is 41.6 Å². The lowest BCUT2D eigenvalue weighted by Crippen LogP contribution is -2.52. The Morgan fingerprint density at radius 2 is 1.90 bits per heavy atom. The number of nitrogens with zero attached hydrogens (tertiary/aromatic N) is 2. The van der Waals surface area contributed by atoms with Crippen molar-refractivity contribution < 1.29 is 18.8 Å². The number of piperazine rings is 1. The molecule has 2 N–H and O–H groups in total. The van der Waals surface area contributed by atoms with Gasteiger partial charge in [0.25, 0.3) is 5.91 Å². The Morgan fingerprint density at radius 3 is 2.55 bits per heavy atom. The van der Waals surface area contributed by atoms with Gasteiger partial charge in [-0.1, -0.05) is 0 Å². The zero-order chi connectivity index (χ0) is 20.1. The molecular formula is C21H25FN4O3. The highest BCUT2D eigenvalue weighted by molar-refractivity contribution is 6.27. The molecule has 0 saturated carbocycles. The third-order valence-electron chi connectivity index (χ3n) is 6.89. The summed E-state index contributed by atoms with van der Waals surface area (Å²) >= 11 is 0. The number of amides is 1. The largest absolute Gasteiger partial charge is 0.366 e. The normalized spacial score (nSPS) is 31.1. The number of carbonyl (C=O) groups is 3. The van der Waals surface area contributed by atoms with E-state index in [1.54, 1.807) is 17.0 Å². The van der Waals surface area contributed by atoms with Gasteiger partial charge in [-0.15, -0.1) is 0 Å².